The summed E-state index contributed by atoms with van der Waals surface area (Å²) in [6.07, 6.45) is 3.67. The summed E-state index contributed by atoms with van der Waals surface area (Å²) in [6, 6.07) is 12.8. The Morgan fingerprint density at radius 1 is 1.09 bits per heavy atom. The molecule has 2 aliphatic rings. The number of pyridine rings is 1. The van der Waals surface area contributed by atoms with Gasteiger partial charge in [-0.05, 0) is 42.5 Å². The Morgan fingerprint density at radius 3 is 2.55 bits per heavy atom. The standard InChI is InChI=1S/C23H21FN4O5/c24-16-2-4-17(5-3-16)31-18-9-11-27(12-10-18)22-7-1-15(14-25-22)21-13-19(26-33-21)20-6-8-23(32-20)28(29)30/h1-8,14,18,21H,9-13H2. The van der Waals surface area contributed by atoms with Crippen LogP contribution in [0.5, 0.6) is 5.75 Å². The number of anilines is 1. The van der Waals surface area contributed by atoms with E-state index in [1.165, 1.54) is 24.3 Å². The van der Waals surface area contributed by atoms with Crippen LogP contribution < -0.4 is 9.64 Å². The van der Waals surface area contributed by atoms with Gasteiger partial charge in [0.15, 0.2) is 11.9 Å². The van der Waals surface area contributed by atoms with Crippen molar-refractivity contribution in [3.05, 3.63) is 82.0 Å². The third-order valence-electron chi connectivity index (χ3n) is 5.75. The van der Waals surface area contributed by atoms with Gasteiger partial charge >= 0.3 is 5.88 Å². The van der Waals surface area contributed by atoms with E-state index >= 15 is 0 Å². The van der Waals surface area contributed by atoms with Crippen molar-refractivity contribution in [3.63, 3.8) is 0 Å². The maximum absolute atomic E-state index is 13.0. The van der Waals surface area contributed by atoms with Crippen molar-refractivity contribution in [2.24, 2.45) is 5.16 Å². The fourth-order valence-electron chi connectivity index (χ4n) is 3.97. The van der Waals surface area contributed by atoms with Crippen LogP contribution in [0.1, 0.15) is 36.7 Å². The summed E-state index contributed by atoms with van der Waals surface area (Å²) >= 11 is 0. The first-order chi connectivity index (χ1) is 16.0. The van der Waals surface area contributed by atoms with Gasteiger partial charge in [-0.2, -0.15) is 0 Å². The van der Waals surface area contributed by atoms with Crippen molar-refractivity contribution in [1.82, 2.24) is 4.98 Å². The molecule has 170 valence electrons. The Balaban J connectivity index is 1.14. The van der Waals surface area contributed by atoms with E-state index in [9.17, 15) is 14.5 Å². The number of hydrogen-bond acceptors (Lipinski definition) is 8. The molecule has 1 unspecified atom stereocenters. The molecule has 10 heteroatoms. The number of nitro groups is 1. The van der Waals surface area contributed by atoms with Crippen LogP contribution in [0.3, 0.4) is 0 Å². The van der Waals surface area contributed by atoms with Gasteiger partial charge in [-0.25, -0.2) is 9.37 Å². The number of rotatable bonds is 6. The number of furan rings is 1. The number of ether oxygens (including phenoxy) is 1. The maximum atomic E-state index is 13.0. The van der Waals surface area contributed by atoms with Gasteiger partial charge in [-0.1, -0.05) is 5.16 Å². The van der Waals surface area contributed by atoms with Crippen LogP contribution in [0.4, 0.5) is 16.1 Å². The van der Waals surface area contributed by atoms with Gasteiger partial charge in [0.25, 0.3) is 0 Å². The normalized spacial score (nSPS) is 18.6. The lowest BCUT2D eigenvalue weighted by atomic mass is 10.0. The summed E-state index contributed by atoms with van der Waals surface area (Å²) in [6.45, 7) is 1.62. The van der Waals surface area contributed by atoms with Gasteiger partial charge in [0.2, 0.25) is 0 Å². The molecular weight excluding hydrogens is 431 g/mol. The van der Waals surface area contributed by atoms with Gasteiger partial charge in [0, 0.05) is 44.1 Å². The lowest BCUT2D eigenvalue weighted by Gasteiger charge is -2.33. The molecule has 3 aromatic rings. The maximum Gasteiger partial charge on any atom is 0.433 e. The van der Waals surface area contributed by atoms with Crippen LogP contribution in [0.2, 0.25) is 0 Å². The molecule has 0 N–H and O–H groups in total. The number of oxime groups is 1. The molecular formula is C23H21FN4O5. The second kappa shape index (κ2) is 8.89. The Hall–Kier alpha value is -3.95. The van der Waals surface area contributed by atoms with E-state index < -0.39 is 4.92 Å². The lowest BCUT2D eigenvalue weighted by molar-refractivity contribution is -0.402. The largest absolute Gasteiger partial charge is 0.490 e. The van der Waals surface area contributed by atoms with E-state index in [1.807, 2.05) is 12.1 Å². The Labute approximate surface area is 188 Å². The molecule has 0 aliphatic carbocycles. The van der Waals surface area contributed by atoms with Crippen molar-refractivity contribution in [1.29, 1.82) is 0 Å². The van der Waals surface area contributed by atoms with E-state index in [0.29, 0.717) is 23.6 Å². The van der Waals surface area contributed by atoms with Crippen LogP contribution in [0.15, 0.2) is 64.3 Å². The topological polar surface area (TPSA) is 103 Å². The molecule has 1 fully saturated rings. The van der Waals surface area contributed by atoms with Crippen LogP contribution in [-0.2, 0) is 4.84 Å². The highest BCUT2D eigenvalue weighted by Gasteiger charge is 2.28. The van der Waals surface area contributed by atoms with E-state index in [2.05, 4.69) is 15.0 Å². The second-order valence-electron chi connectivity index (χ2n) is 7.94. The fourth-order valence-corrected chi connectivity index (χ4v) is 3.97. The molecule has 1 saturated heterocycles. The molecule has 0 bridgehead atoms. The average Bonchev–Trinajstić information content (AvgIpc) is 3.52. The number of piperidine rings is 1. The van der Waals surface area contributed by atoms with Crippen molar-refractivity contribution in [2.75, 3.05) is 18.0 Å². The zero-order valence-corrected chi connectivity index (χ0v) is 17.6. The monoisotopic (exact) mass is 452 g/mol. The van der Waals surface area contributed by atoms with Crippen LogP contribution >= 0.6 is 0 Å². The molecule has 0 radical (unpaired) electrons. The Bertz CT molecular complexity index is 1150. The number of hydrogen-bond donors (Lipinski definition) is 0. The molecule has 1 atom stereocenters. The Morgan fingerprint density at radius 2 is 1.88 bits per heavy atom. The summed E-state index contributed by atoms with van der Waals surface area (Å²) in [7, 11) is 0. The third-order valence-corrected chi connectivity index (χ3v) is 5.75. The summed E-state index contributed by atoms with van der Waals surface area (Å²) in [5, 5.41) is 14.8. The van der Waals surface area contributed by atoms with Crippen molar-refractivity contribution < 1.29 is 23.3 Å². The molecule has 0 spiro atoms. The zero-order valence-electron chi connectivity index (χ0n) is 17.6. The molecule has 0 amide bonds. The number of nitrogens with zero attached hydrogens (tertiary/aromatic N) is 4. The van der Waals surface area contributed by atoms with Crippen molar-refractivity contribution in [3.8, 4) is 5.75 Å². The van der Waals surface area contributed by atoms with E-state index in [-0.39, 0.29) is 23.9 Å². The molecule has 33 heavy (non-hydrogen) atoms. The number of benzene rings is 1. The molecule has 5 rings (SSSR count). The van der Waals surface area contributed by atoms with E-state index in [1.54, 1.807) is 18.3 Å². The first-order valence-corrected chi connectivity index (χ1v) is 10.7. The van der Waals surface area contributed by atoms with Crippen LogP contribution in [-0.4, -0.2) is 34.8 Å². The number of halogens is 1. The minimum atomic E-state index is -0.586. The quantitative estimate of drug-likeness (QED) is 0.397. The predicted molar refractivity (Wildman–Crippen MR) is 117 cm³/mol. The van der Waals surface area contributed by atoms with Gasteiger partial charge in [-0.3, -0.25) is 10.1 Å². The summed E-state index contributed by atoms with van der Waals surface area (Å²) in [5.41, 5.74) is 1.40. The zero-order chi connectivity index (χ0) is 22.8. The summed E-state index contributed by atoms with van der Waals surface area (Å²) in [4.78, 5) is 22.5. The van der Waals surface area contributed by atoms with Crippen molar-refractivity contribution in [2.45, 2.75) is 31.5 Å². The van der Waals surface area contributed by atoms with Gasteiger partial charge in [0.1, 0.15) is 34.1 Å². The van der Waals surface area contributed by atoms with Crippen LogP contribution in [0.25, 0.3) is 0 Å². The highest BCUT2D eigenvalue weighted by molar-refractivity contribution is 5.99. The summed E-state index contributed by atoms with van der Waals surface area (Å²) < 4.78 is 24.2. The highest BCUT2D eigenvalue weighted by Crippen LogP contribution is 2.31. The molecule has 9 nitrogen and oxygen atoms in total. The SMILES string of the molecule is O=[N+]([O-])c1ccc(C2=NOC(c3ccc(N4CCC(Oc5ccc(F)cc5)CC4)nc3)C2)o1. The van der Waals surface area contributed by atoms with E-state index in [0.717, 1.165) is 37.3 Å². The molecule has 1 aromatic carbocycles. The smallest absolute Gasteiger partial charge is 0.433 e. The fraction of sp³-hybridized carbons (Fsp3) is 0.304. The minimum Gasteiger partial charge on any atom is -0.490 e. The lowest BCUT2D eigenvalue weighted by Crippen LogP contribution is -2.38. The molecule has 2 aliphatic heterocycles. The first kappa shape index (κ1) is 20.9. The third kappa shape index (κ3) is 4.64. The van der Waals surface area contributed by atoms with Gasteiger partial charge < -0.3 is 18.9 Å². The van der Waals surface area contributed by atoms with Crippen molar-refractivity contribution >= 4 is 17.4 Å². The van der Waals surface area contributed by atoms with Gasteiger partial charge in [0.05, 0.1) is 6.07 Å². The number of aromatic nitrogens is 1. The summed E-state index contributed by atoms with van der Waals surface area (Å²) in [5.74, 6) is 1.29. The van der Waals surface area contributed by atoms with Crippen LogP contribution in [0, 0.1) is 15.9 Å². The second-order valence-corrected chi connectivity index (χ2v) is 7.94. The predicted octanol–water partition coefficient (Wildman–Crippen LogP) is 4.64. The molecule has 0 saturated carbocycles. The average molecular weight is 452 g/mol. The molecule has 4 heterocycles. The minimum absolute atomic E-state index is 0.0888. The Kier molecular flexibility index (Phi) is 5.64. The van der Waals surface area contributed by atoms with Gasteiger partial charge in [-0.15, -0.1) is 0 Å². The van der Waals surface area contributed by atoms with E-state index in [4.69, 9.17) is 14.0 Å². The highest BCUT2D eigenvalue weighted by atomic mass is 19.1. The molecule has 2 aromatic heterocycles. The first-order valence-electron chi connectivity index (χ1n) is 10.7.